The molecule has 1 aliphatic heterocycles. The zero-order chi connectivity index (χ0) is 12.4. The van der Waals surface area contributed by atoms with Crippen molar-refractivity contribution in [2.24, 2.45) is 5.16 Å². The molecule has 1 fully saturated rings. The van der Waals surface area contributed by atoms with E-state index in [1.54, 1.807) is 0 Å². The zero-order valence-corrected chi connectivity index (χ0v) is 9.82. The fourth-order valence-corrected chi connectivity index (χ4v) is 2.07. The normalized spacial score (nSPS) is 16.0. The lowest BCUT2D eigenvalue weighted by Gasteiger charge is -2.26. The number of benzene rings is 1. The van der Waals surface area contributed by atoms with E-state index >= 15 is 0 Å². The first-order chi connectivity index (χ1) is 8.86. The number of rotatable bonds is 1. The molecule has 6 heteroatoms. The average Bonchev–Trinajstić information content (AvgIpc) is 2.47. The fourth-order valence-electron chi connectivity index (χ4n) is 2.07. The van der Waals surface area contributed by atoms with Crippen LogP contribution in [0.2, 0.25) is 0 Å². The van der Waals surface area contributed by atoms with Crippen molar-refractivity contribution in [3.8, 4) is 0 Å². The van der Waals surface area contributed by atoms with E-state index in [9.17, 15) is 0 Å². The van der Waals surface area contributed by atoms with Crippen molar-refractivity contribution < 1.29 is 5.21 Å². The summed E-state index contributed by atoms with van der Waals surface area (Å²) in [5, 5.41) is 20.3. The van der Waals surface area contributed by atoms with Gasteiger partial charge in [0.1, 0.15) is 5.52 Å². The second kappa shape index (κ2) is 4.56. The number of anilines is 1. The summed E-state index contributed by atoms with van der Waals surface area (Å²) in [7, 11) is 0. The first kappa shape index (κ1) is 10.9. The topological polar surface area (TPSA) is 74.5 Å². The van der Waals surface area contributed by atoms with Gasteiger partial charge in [-0.2, -0.15) is 0 Å². The lowest BCUT2D eigenvalue weighted by Crippen LogP contribution is -2.35. The third-order valence-electron chi connectivity index (χ3n) is 3.11. The van der Waals surface area contributed by atoms with Gasteiger partial charge in [-0.15, -0.1) is 10.2 Å². The predicted octanol–water partition coefficient (Wildman–Crippen LogP) is 1.46. The van der Waals surface area contributed by atoms with Gasteiger partial charge < -0.3 is 10.1 Å². The Morgan fingerprint density at radius 1 is 1.06 bits per heavy atom. The summed E-state index contributed by atoms with van der Waals surface area (Å²) < 4.78 is 0. The molecule has 0 saturated carbocycles. The molecule has 18 heavy (non-hydrogen) atoms. The SMILES string of the molecule is ON=C1CCN(c2nnc3ccccc3n2)CC1. The molecule has 1 aromatic carbocycles. The lowest BCUT2D eigenvalue weighted by molar-refractivity contribution is 0.315. The molecule has 1 N–H and O–H groups in total. The van der Waals surface area contributed by atoms with Crippen molar-refractivity contribution in [2.75, 3.05) is 18.0 Å². The molecule has 0 aliphatic carbocycles. The molecule has 0 spiro atoms. The smallest absolute Gasteiger partial charge is 0.245 e. The Hall–Kier alpha value is -2.24. The van der Waals surface area contributed by atoms with Gasteiger partial charge in [-0.3, -0.25) is 0 Å². The molecule has 0 amide bonds. The van der Waals surface area contributed by atoms with E-state index in [2.05, 4.69) is 25.2 Å². The molecule has 92 valence electrons. The highest BCUT2D eigenvalue weighted by molar-refractivity contribution is 5.86. The first-order valence-corrected chi connectivity index (χ1v) is 5.91. The Kier molecular flexibility index (Phi) is 2.76. The number of hydrogen-bond acceptors (Lipinski definition) is 6. The van der Waals surface area contributed by atoms with Gasteiger partial charge in [0.15, 0.2) is 0 Å². The highest BCUT2D eigenvalue weighted by Crippen LogP contribution is 2.16. The van der Waals surface area contributed by atoms with Crippen molar-refractivity contribution in [2.45, 2.75) is 12.8 Å². The minimum Gasteiger partial charge on any atom is -0.411 e. The monoisotopic (exact) mass is 243 g/mol. The standard InChI is InChI=1S/C12H13N5O/c18-16-9-5-7-17(8-6-9)12-13-10-3-1-2-4-11(10)14-15-12/h1-4,18H,5-8H2. The van der Waals surface area contributed by atoms with Crippen molar-refractivity contribution in [3.05, 3.63) is 24.3 Å². The number of oxime groups is 1. The van der Waals surface area contributed by atoms with E-state index < -0.39 is 0 Å². The van der Waals surface area contributed by atoms with Crippen LogP contribution >= 0.6 is 0 Å². The van der Waals surface area contributed by atoms with Crippen LogP contribution in [0, 0.1) is 0 Å². The van der Waals surface area contributed by atoms with Crippen molar-refractivity contribution >= 4 is 22.7 Å². The van der Waals surface area contributed by atoms with Crippen LogP contribution in [0.15, 0.2) is 29.4 Å². The zero-order valence-electron chi connectivity index (χ0n) is 9.82. The Balaban J connectivity index is 1.86. The largest absolute Gasteiger partial charge is 0.411 e. The van der Waals surface area contributed by atoms with Gasteiger partial charge in [0.25, 0.3) is 0 Å². The summed E-state index contributed by atoms with van der Waals surface area (Å²) in [6, 6.07) is 7.68. The van der Waals surface area contributed by atoms with E-state index in [-0.39, 0.29) is 0 Å². The summed E-state index contributed by atoms with van der Waals surface area (Å²) in [4.78, 5) is 6.56. The molecular formula is C12H13N5O. The molecule has 2 aromatic rings. The molecule has 0 atom stereocenters. The highest BCUT2D eigenvalue weighted by Gasteiger charge is 2.18. The molecule has 0 bridgehead atoms. The summed E-state index contributed by atoms with van der Waals surface area (Å²) in [6.07, 6.45) is 1.49. The maximum atomic E-state index is 8.72. The number of hydrogen-bond donors (Lipinski definition) is 1. The van der Waals surface area contributed by atoms with Gasteiger partial charge in [0.2, 0.25) is 5.95 Å². The van der Waals surface area contributed by atoms with E-state index in [4.69, 9.17) is 5.21 Å². The summed E-state index contributed by atoms with van der Waals surface area (Å²) >= 11 is 0. The third kappa shape index (κ3) is 1.97. The summed E-state index contributed by atoms with van der Waals surface area (Å²) in [5.41, 5.74) is 2.49. The van der Waals surface area contributed by atoms with Crippen LogP contribution in [0.1, 0.15) is 12.8 Å². The fraction of sp³-hybridized carbons (Fsp3) is 0.333. The van der Waals surface area contributed by atoms with Crippen LogP contribution in [0.3, 0.4) is 0 Å². The molecule has 3 rings (SSSR count). The van der Waals surface area contributed by atoms with Gasteiger partial charge in [-0.25, -0.2) is 4.98 Å². The average molecular weight is 243 g/mol. The number of piperidine rings is 1. The van der Waals surface area contributed by atoms with Crippen molar-refractivity contribution in [3.63, 3.8) is 0 Å². The number of fused-ring (bicyclic) bond motifs is 1. The van der Waals surface area contributed by atoms with Crippen molar-refractivity contribution in [1.82, 2.24) is 15.2 Å². The summed E-state index contributed by atoms with van der Waals surface area (Å²) in [5.74, 6) is 0.644. The van der Waals surface area contributed by atoms with Crippen molar-refractivity contribution in [1.29, 1.82) is 0 Å². The molecule has 0 radical (unpaired) electrons. The van der Waals surface area contributed by atoms with Crippen LogP contribution in [0.4, 0.5) is 5.95 Å². The Morgan fingerprint density at radius 2 is 1.78 bits per heavy atom. The van der Waals surface area contributed by atoms with E-state index in [0.29, 0.717) is 5.95 Å². The van der Waals surface area contributed by atoms with Gasteiger partial charge in [0.05, 0.1) is 11.2 Å². The third-order valence-corrected chi connectivity index (χ3v) is 3.11. The van der Waals surface area contributed by atoms with E-state index in [1.807, 2.05) is 24.3 Å². The Morgan fingerprint density at radius 3 is 2.50 bits per heavy atom. The van der Waals surface area contributed by atoms with Gasteiger partial charge in [0, 0.05) is 25.9 Å². The van der Waals surface area contributed by atoms with Crippen LogP contribution in [0.5, 0.6) is 0 Å². The maximum Gasteiger partial charge on any atom is 0.245 e. The molecule has 1 aliphatic rings. The molecule has 2 heterocycles. The molecular weight excluding hydrogens is 230 g/mol. The number of aromatic nitrogens is 3. The van der Waals surface area contributed by atoms with Gasteiger partial charge >= 0.3 is 0 Å². The minimum absolute atomic E-state index is 0.644. The Bertz CT molecular complexity index is 588. The van der Waals surface area contributed by atoms with E-state index in [1.165, 1.54) is 0 Å². The number of para-hydroxylation sites is 1. The lowest BCUT2D eigenvalue weighted by atomic mass is 10.1. The molecule has 1 saturated heterocycles. The second-order valence-corrected chi connectivity index (χ2v) is 4.25. The highest BCUT2D eigenvalue weighted by atomic mass is 16.4. The predicted molar refractivity (Wildman–Crippen MR) is 68.0 cm³/mol. The van der Waals surface area contributed by atoms with Crippen LogP contribution in [-0.4, -0.2) is 39.2 Å². The van der Waals surface area contributed by atoms with Crippen LogP contribution in [0.25, 0.3) is 11.0 Å². The van der Waals surface area contributed by atoms with Gasteiger partial charge in [-0.05, 0) is 12.1 Å². The van der Waals surface area contributed by atoms with Gasteiger partial charge in [-0.1, -0.05) is 17.3 Å². The van der Waals surface area contributed by atoms with E-state index in [0.717, 1.165) is 42.7 Å². The molecule has 0 unspecified atom stereocenters. The number of nitrogens with zero attached hydrogens (tertiary/aromatic N) is 5. The van der Waals surface area contributed by atoms with Crippen LogP contribution in [-0.2, 0) is 0 Å². The van der Waals surface area contributed by atoms with Crippen LogP contribution < -0.4 is 4.90 Å². The quantitative estimate of drug-likeness (QED) is 0.606. The molecule has 1 aromatic heterocycles. The Labute approximate surface area is 104 Å². The second-order valence-electron chi connectivity index (χ2n) is 4.25. The minimum atomic E-state index is 0.644. The first-order valence-electron chi connectivity index (χ1n) is 5.91. The maximum absolute atomic E-state index is 8.72. The summed E-state index contributed by atoms with van der Waals surface area (Å²) in [6.45, 7) is 1.53. The molecule has 6 nitrogen and oxygen atoms in total.